The summed E-state index contributed by atoms with van der Waals surface area (Å²) >= 11 is 0. The molecule has 2 heterocycles. The standard InChI is InChI=1S/C27H28FN3O2/c1-30(2)26(33)27(19-22-8-3-4-10-24(22)21-11-14-29-15-12-21)13-6-16-31(27)25(32)18-20-7-5-9-23(28)17-20/h3-5,7-12,14-15,17H,6,13,16,18-19H2,1-2H3. The smallest absolute Gasteiger partial charge is 0.248 e. The van der Waals surface area contributed by atoms with Crippen LogP contribution in [0.4, 0.5) is 4.39 Å². The number of likely N-dealkylation sites (N-methyl/N-ethyl adjacent to an activating group) is 1. The summed E-state index contributed by atoms with van der Waals surface area (Å²) < 4.78 is 13.7. The lowest BCUT2D eigenvalue weighted by Crippen LogP contribution is -2.58. The molecule has 1 aliphatic rings. The van der Waals surface area contributed by atoms with Gasteiger partial charge in [0.05, 0.1) is 6.42 Å². The van der Waals surface area contributed by atoms with Crippen molar-refractivity contribution in [1.82, 2.24) is 14.8 Å². The zero-order valence-electron chi connectivity index (χ0n) is 19.0. The number of halogens is 1. The first-order valence-corrected chi connectivity index (χ1v) is 11.2. The lowest BCUT2D eigenvalue weighted by molar-refractivity contribution is -0.149. The molecule has 2 aromatic carbocycles. The number of nitrogens with zero attached hydrogens (tertiary/aromatic N) is 3. The van der Waals surface area contributed by atoms with E-state index in [1.807, 2.05) is 36.4 Å². The molecule has 1 saturated heterocycles. The molecule has 4 rings (SSSR count). The van der Waals surface area contributed by atoms with Gasteiger partial charge >= 0.3 is 0 Å². The second-order valence-electron chi connectivity index (χ2n) is 8.76. The largest absolute Gasteiger partial charge is 0.347 e. The normalized spacial score (nSPS) is 17.7. The number of amides is 2. The molecule has 2 amide bonds. The van der Waals surface area contributed by atoms with Gasteiger partial charge in [0.15, 0.2) is 0 Å². The van der Waals surface area contributed by atoms with Gasteiger partial charge in [-0.05, 0) is 59.4 Å². The van der Waals surface area contributed by atoms with Crippen LogP contribution in [-0.4, -0.2) is 52.8 Å². The van der Waals surface area contributed by atoms with Crippen LogP contribution in [0, 0.1) is 5.82 Å². The summed E-state index contributed by atoms with van der Waals surface area (Å²) in [6, 6.07) is 18.0. The number of hydrogen-bond donors (Lipinski definition) is 0. The lowest BCUT2D eigenvalue weighted by atomic mass is 9.83. The Kier molecular flexibility index (Phi) is 6.54. The summed E-state index contributed by atoms with van der Waals surface area (Å²) in [5.41, 5.74) is 2.68. The molecule has 1 aromatic heterocycles. The third-order valence-corrected chi connectivity index (χ3v) is 6.33. The van der Waals surface area contributed by atoms with Crippen LogP contribution in [-0.2, 0) is 22.4 Å². The first-order chi connectivity index (χ1) is 15.9. The van der Waals surface area contributed by atoms with E-state index in [0.29, 0.717) is 24.9 Å². The summed E-state index contributed by atoms with van der Waals surface area (Å²) in [5.74, 6) is -0.615. The predicted octanol–water partition coefficient (Wildman–Crippen LogP) is 4.12. The van der Waals surface area contributed by atoms with E-state index in [9.17, 15) is 14.0 Å². The van der Waals surface area contributed by atoms with Crippen molar-refractivity contribution in [2.45, 2.75) is 31.2 Å². The zero-order valence-corrected chi connectivity index (χ0v) is 19.0. The average Bonchev–Trinajstić information content (AvgIpc) is 3.24. The van der Waals surface area contributed by atoms with Crippen molar-refractivity contribution in [3.05, 3.63) is 90.0 Å². The van der Waals surface area contributed by atoms with Gasteiger partial charge in [-0.3, -0.25) is 14.6 Å². The number of benzene rings is 2. The Morgan fingerprint density at radius 2 is 1.82 bits per heavy atom. The maximum absolute atomic E-state index is 13.7. The van der Waals surface area contributed by atoms with Crippen LogP contribution in [0.2, 0.25) is 0 Å². The van der Waals surface area contributed by atoms with E-state index in [1.54, 1.807) is 48.4 Å². The quantitative estimate of drug-likeness (QED) is 0.574. The maximum Gasteiger partial charge on any atom is 0.248 e. The minimum atomic E-state index is -0.975. The van der Waals surface area contributed by atoms with E-state index in [1.165, 1.54) is 12.1 Å². The molecular weight excluding hydrogens is 417 g/mol. The topological polar surface area (TPSA) is 53.5 Å². The number of hydrogen-bond acceptors (Lipinski definition) is 3. The van der Waals surface area contributed by atoms with E-state index in [2.05, 4.69) is 4.98 Å². The fraction of sp³-hybridized carbons (Fsp3) is 0.296. The molecule has 170 valence electrons. The van der Waals surface area contributed by atoms with E-state index >= 15 is 0 Å². The van der Waals surface area contributed by atoms with Crippen LogP contribution < -0.4 is 0 Å². The number of pyridine rings is 1. The van der Waals surface area contributed by atoms with Crippen LogP contribution in [0.1, 0.15) is 24.0 Å². The molecule has 0 saturated carbocycles. The molecule has 1 unspecified atom stereocenters. The molecule has 0 radical (unpaired) electrons. The van der Waals surface area contributed by atoms with Crippen molar-refractivity contribution in [3.8, 4) is 11.1 Å². The highest BCUT2D eigenvalue weighted by molar-refractivity contribution is 5.93. The predicted molar refractivity (Wildman–Crippen MR) is 126 cm³/mol. The average molecular weight is 446 g/mol. The number of carbonyl (C=O) groups excluding carboxylic acids is 2. The third-order valence-electron chi connectivity index (χ3n) is 6.33. The lowest BCUT2D eigenvalue weighted by Gasteiger charge is -2.39. The van der Waals surface area contributed by atoms with Crippen LogP contribution in [0.3, 0.4) is 0 Å². The van der Waals surface area contributed by atoms with Gasteiger partial charge in [0, 0.05) is 39.5 Å². The van der Waals surface area contributed by atoms with Gasteiger partial charge in [0.1, 0.15) is 11.4 Å². The Hall–Kier alpha value is -3.54. The maximum atomic E-state index is 13.7. The van der Waals surface area contributed by atoms with Crippen molar-refractivity contribution < 1.29 is 14.0 Å². The van der Waals surface area contributed by atoms with Crippen molar-refractivity contribution in [2.75, 3.05) is 20.6 Å². The summed E-state index contributed by atoms with van der Waals surface area (Å²) in [4.78, 5) is 34.4. The molecule has 1 atom stereocenters. The Balaban J connectivity index is 1.71. The summed E-state index contributed by atoms with van der Waals surface area (Å²) in [6.07, 6.45) is 5.30. The van der Waals surface area contributed by atoms with Crippen LogP contribution >= 0.6 is 0 Å². The summed E-state index contributed by atoms with van der Waals surface area (Å²) in [7, 11) is 3.46. The Labute approximate surface area is 193 Å². The highest BCUT2D eigenvalue weighted by Crippen LogP contribution is 2.37. The molecule has 3 aromatic rings. The monoisotopic (exact) mass is 445 g/mol. The third kappa shape index (κ3) is 4.65. The number of likely N-dealkylation sites (tertiary alicyclic amines) is 1. The summed E-state index contributed by atoms with van der Waals surface area (Å²) in [5, 5.41) is 0. The number of aromatic nitrogens is 1. The van der Waals surface area contributed by atoms with Crippen LogP contribution in [0.15, 0.2) is 73.1 Å². The summed E-state index contributed by atoms with van der Waals surface area (Å²) in [6.45, 7) is 0.505. The fourth-order valence-corrected chi connectivity index (χ4v) is 4.86. The molecular formula is C27H28FN3O2. The number of carbonyl (C=O) groups is 2. The molecule has 1 fully saturated rings. The molecule has 0 aliphatic carbocycles. The van der Waals surface area contributed by atoms with Gasteiger partial charge in [0.25, 0.3) is 0 Å². The Bertz CT molecular complexity index is 1150. The molecule has 0 N–H and O–H groups in total. The van der Waals surface area contributed by atoms with Crippen LogP contribution in [0.5, 0.6) is 0 Å². The minimum absolute atomic E-state index is 0.0617. The number of rotatable bonds is 6. The second kappa shape index (κ2) is 9.53. The molecule has 6 heteroatoms. The Morgan fingerprint density at radius 1 is 1.06 bits per heavy atom. The molecule has 5 nitrogen and oxygen atoms in total. The Morgan fingerprint density at radius 3 is 2.55 bits per heavy atom. The first kappa shape index (κ1) is 22.6. The van der Waals surface area contributed by atoms with Crippen molar-refractivity contribution >= 4 is 11.8 Å². The SMILES string of the molecule is CN(C)C(=O)C1(Cc2ccccc2-c2ccncc2)CCCN1C(=O)Cc1cccc(F)c1. The minimum Gasteiger partial charge on any atom is -0.347 e. The van der Waals surface area contributed by atoms with Gasteiger partial charge in [0.2, 0.25) is 11.8 Å². The molecule has 0 bridgehead atoms. The molecule has 1 aliphatic heterocycles. The van der Waals surface area contributed by atoms with Crippen molar-refractivity contribution in [3.63, 3.8) is 0 Å². The molecule has 33 heavy (non-hydrogen) atoms. The molecule has 0 spiro atoms. The second-order valence-corrected chi connectivity index (χ2v) is 8.76. The van der Waals surface area contributed by atoms with E-state index in [4.69, 9.17) is 0 Å². The highest BCUT2D eigenvalue weighted by Gasteiger charge is 2.50. The zero-order chi connectivity index (χ0) is 23.4. The van der Waals surface area contributed by atoms with Crippen LogP contribution in [0.25, 0.3) is 11.1 Å². The van der Waals surface area contributed by atoms with Gasteiger partial charge < -0.3 is 9.80 Å². The van der Waals surface area contributed by atoms with E-state index in [-0.39, 0.29) is 24.1 Å². The van der Waals surface area contributed by atoms with Gasteiger partial charge in [-0.15, -0.1) is 0 Å². The first-order valence-electron chi connectivity index (χ1n) is 11.2. The van der Waals surface area contributed by atoms with Crippen molar-refractivity contribution in [1.29, 1.82) is 0 Å². The highest BCUT2D eigenvalue weighted by atomic mass is 19.1. The van der Waals surface area contributed by atoms with E-state index in [0.717, 1.165) is 23.1 Å². The van der Waals surface area contributed by atoms with E-state index < -0.39 is 5.54 Å². The van der Waals surface area contributed by atoms with Gasteiger partial charge in [-0.2, -0.15) is 0 Å². The van der Waals surface area contributed by atoms with Gasteiger partial charge in [-0.25, -0.2) is 4.39 Å². The fourth-order valence-electron chi connectivity index (χ4n) is 4.86. The van der Waals surface area contributed by atoms with Crippen molar-refractivity contribution in [2.24, 2.45) is 0 Å². The van der Waals surface area contributed by atoms with Gasteiger partial charge in [-0.1, -0.05) is 36.4 Å².